The number of fused-ring (bicyclic) bond motifs is 1. The number of hydrogen-bond donors (Lipinski definition) is 5. The molecule has 0 atom stereocenters. The van der Waals surface area contributed by atoms with Crippen LogP contribution in [0, 0.1) is 5.41 Å². The van der Waals surface area contributed by atoms with Crippen LogP contribution in [0.3, 0.4) is 0 Å². The molecule has 8 nitrogen and oxygen atoms in total. The maximum Gasteiger partial charge on any atom is 0.273 e. The molecule has 3 aromatic rings. The smallest absolute Gasteiger partial charge is 0.273 e. The molecule has 3 aromatic heterocycles. The van der Waals surface area contributed by atoms with Gasteiger partial charge < -0.3 is 21.4 Å². The molecular formula is C23H27N7O. The van der Waals surface area contributed by atoms with Crippen LogP contribution in [0.25, 0.3) is 22.3 Å². The van der Waals surface area contributed by atoms with Crippen LogP contribution in [0.5, 0.6) is 0 Å². The van der Waals surface area contributed by atoms with Gasteiger partial charge >= 0.3 is 0 Å². The predicted molar refractivity (Wildman–Crippen MR) is 123 cm³/mol. The quantitative estimate of drug-likeness (QED) is 0.406. The maximum absolute atomic E-state index is 12.3. The van der Waals surface area contributed by atoms with Crippen LogP contribution in [-0.2, 0) is 4.79 Å². The summed E-state index contributed by atoms with van der Waals surface area (Å²) in [6.07, 6.45) is 5.63. The predicted octanol–water partition coefficient (Wildman–Crippen LogP) is 3.30. The van der Waals surface area contributed by atoms with Crippen LogP contribution >= 0.6 is 0 Å². The van der Waals surface area contributed by atoms with Gasteiger partial charge in [0.2, 0.25) is 0 Å². The van der Waals surface area contributed by atoms with Gasteiger partial charge in [0, 0.05) is 40.1 Å². The van der Waals surface area contributed by atoms with Gasteiger partial charge in [0.15, 0.2) is 0 Å². The molecule has 1 amide bonds. The van der Waals surface area contributed by atoms with Crippen molar-refractivity contribution in [3.05, 3.63) is 53.6 Å². The number of H-pyrrole nitrogens is 1. The third-order valence-corrected chi connectivity index (χ3v) is 5.77. The van der Waals surface area contributed by atoms with E-state index in [2.05, 4.69) is 31.7 Å². The second-order valence-corrected chi connectivity index (χ2v) is 7.98. The van der Waals surface area contributed by atoms with E-state index in [1.165, 1.54) is 0 Å². The van der Waals surface area contributed by atoms with Crippen LogP contribution in [0.2, 0.25) is 0 Å². The summed E-state index contributed by atoms with van der Waals surface area (Å²) >= 11 is 0. The Bertz CT molecular complexity index is 1170. The zero-order valence-electron chi connectivity index (χ0n) is 17.7. The molecule has 1 aliphatic rings. The Balaban J connectivity index is 1.56. The molecule has 0 bridgehead atoms. The van der Waals surface area contributed by atoms with Crippen LogP contribution in [-0.4, -0.2) is 39.7 Å². The largest absolute Gasteiger partial charge is 0.402 e. The first-order valence-electron chi connectivity index (χ1n) is 10.4. The van der Waals surface area contributed by atoms with E-state index >= 15 is 0 Å². The lowest BCUT2D eigenvalue weighted by atomic mass is 9.93. The monoisotopic (exact) mass is 417 g/mol. The van der Waals surface area contributed by atoms with Crippen molar-refractivity contribution in [3.8, 4) is 11.3 Å². The summed E-state index contributed by atoms with van der Waals surface area (Å²) in [5, 5.41) is 15.0. The fourth-order valence-electron chi connectivity index (χ4n) is 3.76. The van der Waals surface area contributed by atoms with E-state index in [1.807, 2.05) is 24.4 Å². The minimum Gasteiger partial charge on any atom is -0.402 e. The Morgan fingerprint density at radius 3 is 2.71 bits per heavy atom. The molecule has 4 rings (SSSR count). The first kappa shape index (κ1) is 20.7. The lowest BCUT2D eigenvalue weighted by molar-refractivity contribution is -0.110. The summed E-state index contributed by atoms with van der Waals surface area (Å²) in [6.45, 7) is 5.38. The maximum atomic E-state index is 12.3. The average Bonchev–Trinajstić information content (AvgIpc) is 3.22. The zero-order chi connectivity index (χ0) is 22.0. The first-order chi connectivity index (χ1) is 14.9. The fraction of sp³-hybridized carbons (Fsp3) is 0.304. The van der Waals surface area contributed by atoms with Gasteiger partial charge in [0.25, 0.3) is 5.91 Å². The molecule has 0 aliphatic carbocycles. The number of aromatic nitrogens is 3. The minimum atomic E-state index is -0.514. The van der Waals surface area contributed by atoms with Crippen molar-refractivity contribution >= 4 is 28.3 Å². The van der Waals surface area contributed by atoms with Gasteiger partial charge in [-0.2, -0.15) is 0 Å². The number of anilines is 1. The van der Waals surface area contributed by atoms with Crippen LogP contribution < -0.4 is 16.4 Å². The van der Waals surface area contributed by atoms with E-state index in [9.17, 15) is 4.79 Å². The van der Waals surface area contributed by atoms with Crippen molar-refractivity contribution < 1.29 is 4.79 Å². The van der Waals surface area contributed by atoms with Gasteiger partial charge in [-0.05, 0) is 69.6 Å². The number of carbonyl (C=O) groups excluding carboxylic acids is 1. The molecule has 0 saturated carbocycles. The Labute approximate surface area is 180 Å². The topological polar surface area (TPSA) is 133 Å². The Morgan fingerprint density at radius 2 is 1.97 bits per heavy atom. The normalized spacial score (nSPS) is 15.5. The molecule has 0 radical (unpaired) electrons. The number of aromatic amines is 1. The number of carbonyl (C=O) groups is 1. The fourth-order valence-corrected chi connectivity index (χ4v) is 3.76. The summed E-state index contributed by atoms with van der Waals surface area (Å²) in [5.41, 5.74) is 10.8. The number of nitrogens with zero attached hydrogens (tertiary/aromatic N) is 2. The summed E-state index contributed by atoms with van der Waals surface area (Å²) in [4.78, 5) is 24.7. The number of nitrogens with two attached hydrogens (primary N) is 1. The summed E-state index contributed by atoms with van der Waals surface area (Å²) in [5.74, 6) is -0.0320. The standard InChI is InChI=1S/C23H27N7O/c1-13(14(2)24)21(25)23(31)29-18-9-17-11-20(30-22(17)28-12-18)16-5-8-27-19(10-16)15-3-6-26-7-4-15/h5,8-12,15,25-26H,3-4,6-7,24H2,1-2H3,(H,28,30)(H,29,31)/b14-13-,25-21?. The second kappa shape index (κ2) is 8.69. The molecule has 8 heteroatoms. The molecule has 4 heterocycles. The summed E-state index contributed by atoms with van der Waals surface area (Å²) in [7, 11) is 0. The molecule has 6 N–H and O–H groups in total. The van der Waals surface area contributed by atoms with Crippen LogP contribution in [0.4, 0.5) is 5.69 Å². The third-order valence-electron chi connectivity index (χ3n) is 5.77. The lowest BCUT2D eigenvalue weighted by Gasteiger charge is -2.22. The number of hydrogen-bond acceptors (Lipinski definition) is 6. The van der Waals surface area contributed by atoms with E-state index in [0.717, 1.165) is 53.9 Å². The molecule has 0 unspecified atom stereocenters. The van der Waals surface area contributed by atoms with Crippen molar-refractivity contribution in [1.82, 2.24) is 20.3 Å². The number of nitrogens with one attached hydrogen (secondary N) is 4. The average molecular weight is 418 g/mol. The van der Waals surface area contributed by atoms with Gasteiger partial charge in [0.1, 0.15) is 11.4 Å². The highest BCUT2D eigenvalue weighted by molar-refractivity contribution is 6.47. The van der Waals surface area contributed by atoms with Gasteiger partial charge in [0.05, 0.1) is 11.9 Å². The van der Waals surface area contributed by atoms with E-state index in [-0.39, 0.29) is 5.71 Å². The molecule has 0 aromatic carbocycles. The Morgan fingerprint density at radius 1 is 1.19 bits per heavy atom. The number of pyridine rings is 2. The van der Waals surface area contributed by atoms with Gasteiger partial charge in [-0.1, -0.05) is 0 Å². The SMILES string of the molecule is C/C(N)=C(\C)C(=N)C(=O)Nc1cnc2[nH]c(-c3ccnc(C4CCNCC4)c3)cc2c1. The number of piperidine rings is 1. The van der Waals surface area contributed by atoms with Crippen molar-refractivity contribution in [2.24, 2.45) is 5.73 Å². The van der Waals surface area contributed by atoms with Gasteiger partial charge in [-0.3, -0.25) is 15.2 Å². The van der Waals surface area contributed by atoms with Crippen LogP contribution in [0.1, 0.15) is 38.3 Å². The first-order valence-corrected chi connectivity index (χ1v) is 10.4. The number of rotatable bonds is 5. The highest BCUT2D eigenvalue weighted by atomic mass is 16.1. The highest BCUT2D eigenvalue weighted by Gasteiger charge is 2.18. The highest BCUT2D eigenvalue weighted by Crippen LogP contribution is 2.29. The Kier molecular flexibility index (Phi) is 5.81. The van der Waals surface area contributed by atoms with Crippen molar-refractivity contribution in [1.29, 1.82) is 5.41 Å². The second-order valence-electron chi connectivity index (χ2n) is 7.98. The van der Waals surface area contributed by atoms with Crippen molar-refractivity contribution in [2.75, 3.05) is 18.4 Å². The van der Waals surface area contributed by atoms with Crippen molar-refractivity contribution in [2.45, 2.75) is 32.6 Å². The van der Waals surface area contributed by atoms with Crippen molar-refractivity contribution in [3.63, 3.8) is 0 Å². The van der Waals surface area contributed by atoms with Gasteiger partial charge in [-0.15, -0.1) is 0 Å². The summed E-state index contributed by atoms with van der Waals surface area (Å²) in [6, 6.07) is 8.00. The molecule has 1 saturated heterocycles. The summed E-state index contributed by atoms with van der Waals surface area (Å²) < 4.78 is 0. The molecule has 160 valence electrons. The molecule has 1 aliphatic heterocycles. The van der Waals surface area contributed by atoms with E-state index in [4.69, 9.17) is 11.1 Å². The molecule has 0 spiro atoms. The van der Waals surface area contributed by atoms with E-state index in [1.54, 1.807) is 20.0 Å². The molecular weight excluding hydrogens is 390 g/mol. The minimum absolute atomic E-state index is 0.155. The third kappa shape index (κ3) is 4.49. The van der Waals surface area contributed by atoms with Crippen LogP contribution in [0.15, 0.2) is 47.9 Å². The molecule has 31 heavy (non-hydrogen) atoms. The van der Waals surface area contributed by atoms with E-state index in [0.29, 0.717) is 22.9 Å². The lowest BCUT2D eigenvalue weighted by Crippen LogP contribution is -2.27. The zero-order valence-corrected chi connectivity index (χ0v) is 17.7. The van der Waals surface area contributed by atoms with E-state index < -0.39 is 5.91 Å². The van der Waals surface area contributed by atoms with Gasteiger partial charge in [-0.25, -0.2) is 4.98 Å². The Hall–Kier alpha value is -3.52. The molecule has 1 fully saturated rings. The number of allylic oxidation sites excluding steroid dienone is 1. The number of amides is 1.